The standard InChI is InChI=1S/C21H17NO3.ClH/c1-13-5-4-6-14(11-13)22-12-18-19(23)10-9-16-15-7-2-3-8-17(15)21(24)25-20(16)18;/h2-11,22-23H,12H2,1H3;1H. The van der Waals surface area contributed by atoms with Crippen molar-refractivity contribution in [1.29, 1.82) is 0 Å². The van der Waals surface area contributed by atoms with E-state index >= 15 is 0 Å². The van der Waals surface area contributed by atoms with E-state index in [0.717, 1.165) is 22.0 Å². The van der Waals surface area contributed by atoms with Crippen LogP contribution in [0, 0.1) is 6.92 Å². The van der Waals surface area contributed by atoms with Gasteiger partial charge in [0.1, 0.15) is 11.3 Å². The first-order chi connectivity index (χ1) is 12.1. The third-order valence-corrected chi connectivity index (χ3v) is 4.36. The van der Waals surface area contributed by atoms with Gasteiger partial charge in [-0.15, -0.1) is 12.4 Å². The fourth-order valence-electron chi connectivity index (χ4n) is 3.11. The third-order valence-electron chi connectivity index (χ3n) is 4.36. The summed E-state index contributed by atoms with van der Waals surface area (Å²) in [5, 5.41) is 15.8. The van der Waals surface area contributed by atoms with E-state index in [4.69, 9.17) is 4.42 Å². The predicted octanol–water partition coefficient (Wildman–Crippen LogP) is 4.99. The Hall–Kier alpha value is -2.98. The molecule has 0 unspecified atom stereocenters. The minimum Gasteiger partial charge on any atom is -0.507 e. The van der Waals surface area contributed by atoms with Crippen molar-refractivity contribution in [3.63, 3.8) is 0 Å². The van der Waals surface area contributed by atoms with Gasteiger partial charge in [0, 0.05) is 17.6 Å². The molecule has 26 heavy (non-hydrogen) atoms. The number of hydrogen-bond donors (Lipinski definition) is 2. The van der Waals surface area contributed by atoms with Crippen LogP contribution in [0.15, 0.2) is 69.9 Å². The number of aryl methyl sites for hydroxylation is 1. The van der Waals surface area contributed by atoms with E-state index in [1.807, 2.05) is 49.4 Å². The van der Waals surface area contributed by atoms with Crippen LogP contribution in [0.1, 0.15) is 11.1 Å². The first-order valence-electron chi connectivity index (χ1n) is 8.10. The summed E-state index contributed by atoms with van der Waals surface area (Å²) in [6, 6.07) is 18.7. The number of phenols is 1. The van der Waals surface area contributed by atoms with Gasteiger partial charge < -0.3 is 14.8 Å². The molecule has 5 heteroatoms. The summed E-state index contributed by atoms with van der Waals surface area (Å²) in [7, 11) is 0. The van der Waals surface area contributed by atoms with Crippen LogP contribution in [0.3, 0.4) is 0 Å². The maximum absolute atomic E-state index is 12.3. The van der Waals surface area contributed by atoms with Gasteiger partial charge in [0.05, 0.1) is 10.9 Å². The van der Waals surface area contributed by atoms with E-state index in [1.165, 1.54) is 0 Å². The fourth-order valence-corrected chi connectivity index (χ4v) is 3.11. The normalized spacial score (nSPS) is 10.7. The molecule has 3 aromatic carbocycles. The Kier molecular flexibility index (Phi) is 4.87. The molecule has 0 saturated carbocycles. The van der Waals surface area contributed by atoms with Gasteiger partial charge in [0.15, 0.2) is 0 Å². The van der Waals surface area contributed by atoms with Crippen LogP contribution in [-0.2, 0) is 6.54 Å². The summed E-state index contributed by atoms with van der Waals surface area (Å²) < 4.78 is 5.54. The van der Waals surface area contributed by atoms with Crippen molar-refractivity contribution < 1.29 is 9.52 Å². The monoisotopic (exact) mass is 367 g/mol. The molecule has 1 heterocycles. The number of halogens is 1. The van der Waals surface area contributed by atoms with Crippen LogP contribution in [0.4, 0.5) is 5.69 Å². The molecule has 4 rings (SSSR count). The topological polar surface area (TPSA) is 62.5 Å². The minimum atomic E-state index is -0.398. The van der Waals surface area contributed by atoms with Crippen LogP contribution in [-0.4, -0.2) is 5.11 Å². The molecule has 0 atom stereocenters. The molecule has 2 N–H and O–H groups in total. The van der Waals surface area contributed by atoms with E-state index in [9.17, 15) is 9.90 Å². The highest BCUT2D eigenvalue weighted by molar-refractivity contribution is 6.05. The Morgan fingerprint density at radius 1 is 0.962 bits per heavy atom. The van der Waals surface area contributed by atoms with Crippen molar-refractivity contribution in [2.75, 3.05) is 5.32 Å². The van der Waals surface area contributed by atoms with Crippen molar-refractivity contribution in [2.24, 2.45) is 0 Å². The molecule has 0 spiro atoms. The quantitative estimate of drug-likeness (QED) is 0.395. The molecule has 0 radical (unpaired) electrons. The van der Waals surface area contributed by atoms with Crippen molar-refractivity contribution in [1.82, 2.24) is 0 Å². The number of benzene rings is 3. The lowest BCUT2D eigenvalue weighted by Crippen LogP contribution is -2.04. The fraction of sp³-hybridized carbons (Fsp3) is 0.0952. The van der Waals surface area contributed by atoms with Crippen molar-refractivity contribution >= 4 is 39.8 Å². The SMILES string of the molecule is Cc1cccc(NCc2c(O)ccc3c2oc(=O)c2ccccc23)c1.Cl. The lowest BCUT2D eigenvalue weighted by molar-refractivity contribution is 0.466. The van der Waals surface area contributed by atoms with Crippen LogP contribution >= 0.6 is 12.4 Å². The largest absolute Gasteiger partial charge is 0.507 e. The highest BCUT2D eigenvalue weighted by Crippen LogP contribution is 2.31. The van der Waals surface area contributed by atoms with Gasteiger partial charge in [-0.2, -0.15) is 0 Å². The Morgan fingerprint density at radius 3 is 2.50 bits per heavy atom. The maximum atomic E-state index is 12.3. The van der Waals surface area contributed by atoms with Gasteiger partial charge in [0.25, 0.3) is 0 Å². The minimum absolute atomic E-state index is 0. The predicted molar refractivity (Wildman–Crippen MR) is 107 cm³/mol. The molecule has 0 aliphatic carbocycles. The molecule has 0 bridgehead atoms. The zero-order valence-corrected chi connectivity index (χ0v) is 15.0. The lowest BCUT2D eigenvalue weighted by atomic mass is 10.0. The molecule has 132 valence electrons. The Labute approximate surface area is 156 Å². The third kappa shape index (κ3) is 3.11. The van der Waals surface area contributed by atoms with E-state index < -0.39 is 5.63 Å². The molecule has 0 saturated heterocycles. The van der Waals surface area contributed by atoms with Gasteiger partial charge in [-0.3, -0.25) is 0 Å². The lowest BCUT2D eigenvalue weighted by Gasteiger charge is -2.12. The van der Waals surface area contributed by atoms with E-state index in [0.29, 0.717) is 23.1 Å². The Bertz CT molecular complexity index is 1150. The molecule has 0 amide bonds. The van der Waals surface area contributed by atoms with Crippen LogP contribution in [0.2, 0.25) is 0 Å². The second-order valence-corrected chi connectivity index (χ2v) is 6.10. The van der Waals surface area contributed by atoms with Gasteiger partial charge >= 0.3 is 5.63 Å². The number of fused-ring (bicyclic) bond motifs is 3. The van der Waals surface area contributed by atoms with Gasteiger partial charge in [-0.05, 0) is 48.2 Å². The zero-order chi connectivity index (χ0) is 17.4. The van der Waals surface area contributed by atoms with Gasteiger partial charge in [0.2, 0.25) is 0 Å². The number of nitrogens with one attached hydrogen (secondary N) is 1. The molecule has 0 fully saturated rings. The summed E-state index contributed by atoms with van der Waals surface area (Å²) in [6.45, 7) is 2.37. The highest BCUT2D eigenvalue weighted by atomic mass is 35.5. The molecular weight excluding hydrogens is 350 g/mol. The average molecular weight is 368 g/mol. The zero-order valence-electron chi connectivity index (χ0n) is 14.2. The highest BCUT2D eigenvalue weighted by Gasteiger charge is 2.14. The summed E-state index contributed by atoms with van der Waals surface area (Å²) >= 11 is 0. The van der Waals surface area contributed by atoms with Crippen molar-refractivity contribution in [3.8, 4) is 5.75 Å². The molecular formula is C21H18ClNO3. The van der Waals surface area contributed by atoms with Crippen molar-refractivity contribution in [2.45, 2.75) is 13.5 Å². The maximum Gasteiger partial charge on any atom is 0.344 e. The average Bonchev–Trinajstić information content (AvgIpc) is 2.61. The number of hydrogen-bond acceptors (Lipinski definition) is 4. The van der Waals surface area contributed by atoms with E-state index in [-0.39, 0.29) is 18.2 Å². The number of phenolic OH excluding ortho intramolecular Hbond substituents is 1. The summed E-state index contributed by atoms with van der Waals surface area (Å²) in [5.74, 6) is 0.103. The summed E-state index contributed by atoms with van der Waals surface area (Å²) in [5.41, 5.74) is 2.68. The van der Waals surface area contributed by atoms with Crippen LogP contribution < -0.4 is 10.9 Å². The molecule has 0 aliphatic rings. The summed E-state index contributed by atoms with van der Waals surface area (Å²) in [6.07, 6.45) is 0. The smallest absolute Gasteiger partial charge is 0.344 e. The van der Waals surface area contributed by atoms with Crippen LogP contribution in [0.25, 0.3) is 21.7 Å². The van der Waals surface area contributed by atoms with Gasteiger partial charge in [-0.1, -0.05) is 30.3 Å². The number of rotatable bonds is 3. The van der Waals surface area contributed by atoms with E-state index in [1.54, 1.807) is 18.2 Å². The summed E-state index contributed by atoms with van der Waals surface area (Å²) in [4.78, 5) is 12.3. The first-order valence-corrected chi connectivity index (χ1v) is 8.10. The number of aromatic hydroxyl groups is 1. The van der Waals surface area contributed by atoms with Crippen molar-refractivity contribution in [3.05, 3.63) is 82.2 Å². The molecule has 1 aromatic heterocycles. The van der Waals surface area contributed by atoms with E-state index in [2.05, 4.69) is 5.32 Å². The second kappa shape index (κ2) is 7.10. The molecule has 4 nitrogen and oxygen atoms in total. The Morgan fingerprint density at radius 2 is 1.73 bits per heavy atom. The molecule has 0 aliphatic heterocycles. The Balaban J connectivity index is 0.00000196. The first kappa shape index (κ1) is 17.8. The second-order valence-electron chi connectivity index (χ2n) is 6.10. The number of anilines is 1. The van der Waals surface area contributed by atoms with Crippen LogP contribution in [0.5, 0.6) is 5.75 Å². The molecule has 4 aromatic rings. The van der Waals surface area contributed by atoms with Gasteiger partial charge in [-0.25, -0.2) is 4.79 Å².